The molecule has 0 saturated heterocycles. The molecule has 0 unspecified atom stereocenters. The maximum Gasteiger partial charge on any atom is 0.254 e. The van der Waals surface area contributed by atoms with E-state index in [-0.39, 0.29) is 23.9 Å². The number of nitrogens with one attached hydrogen (secondary N) is 2. The van der Waals surface area contributed by atoms with Gasteiger partial charge in [-0.3, -0.25) is 19.0 Å². The van der Waals surface area contributed by atoms with Gasteiger partial charge in [-0.05, 0) is 42.6 Å². The molecule has 3 rings (SSSR count). The Bertz CT molecular complexity index is 1050. The largest absolute Gasteiger partial charge is 0.326 e. The third-order valence-electron chi connectivity index (χ3n) is 3.95. The lowest BCUT2D eigenvalue weighted by Gasteiger charge is -2.12. The second kappa shape index (κ2) is 7.23. The van der Waals surface area contributed by atoms with E-state index < -0.39 is 0 Å². The minimum atomic E-state index is -0.317. The topological polar surface area (TPSA) is 80.2 Å². The molecule has 132 valence electrons. The summed E-state index contributed by atoms with van der Waals surface area (Å²) >= 11 is 0. The molecule has 3 aromatic rings. The molecular formula is C20H19N3O3. The van der Waals surface area contributed by atoms with Crippen LogP contribution in [0.4, 0.5) is 11.4 Å². The van der Waals surface area contributed by atoms with Crippen molar-refractivity contribution in [1.82, 2.24) is 4.57 Å². The van der Waals surface area contributed by atoms with Gasteiger partial charge in [0.2, 0.25) is 11.8 Å². The van der Waals surface area contributed by atoms with Crippen LogP contribution in [-0.4, -0.2) is 16.4 Å². The van der Waals surface area contributed by atoms with E-state index in [0.29, 0.717) is 22.5 Å². The van der Waals surface area contributed by atoms with E-state index in [4.69, 9.17) is 0 Å². The Morgan fingerprint density at radius 1 is 0.962 bits per heavy atom. The van der Waals surface area contributed by atoms with Crippen LogP contribution in [0.2, 0.25) is 0 Å². The van der Waals surface area contributed by atoms with E-state index in [1.165, 1.54) is 11.5 Å². The minimum Gasteiger partial charge on any atom is -0.326 e. The van der Waals surface area contributed by atoms with E-state index in [2.05, 4.69) is 10.6 Å². The number of benzene rings is 2. The molecule has 2 N–H and O–H groups in total. The number of anilines is 2. The van der Waals surface area contributed by atoms with Crippen LogP contribution in [0.15, 0.2) is 59.4 Å². The number of carbonyl (C=O) groups is 2. The standard InChI is InChI=1S/C20H19N3O3/c1-13-10-15-6-3-4-9-18(15)23(20(13)26)12-19(25)22-17-8-5-7-16(11-17)21-14(2)24/h3-11H,12H2,1-2H3,(H,21,24)(H,22,25). The van der Waals surface area contributed by atoms with E-state index in [1.807, 2.05) is 30.3 Å². The lowest BCUT2D eigenvalue weighted by molar-refractivity contribution is -0.116. The van der Waals surface area contributed by atoms with Crippen molar-refractivity contribution in [3.8, 4) is 0 Å². The highest BCUT2D eigenvalue weighted by molar-refractivity contribution is 5.94. The fourth-order valence-electron chi connectivity index (χ4n) is 2.85. The molecule has 0 aliphatic heterocycles. The second-order valence-electron chi connectivity index (χ2n) is 6.09. The summed E-state index contributed by atoms with van der Waals surface area (Å²) < 4.78 is 1.47. The molecule has 6 heteroatoms. The van der Waals surface area contributed by atoms with E-state index in [9.17, 15) is 14.4 Å². The van der Waals surface area contributed by atoms with Gasteiger partial charge in [-0.25, -0.2) is 0 Å². The van der Waals surface area contributed by atoms with Crippen LogP contribution in [0.5, 0.6) is 0 Å². The monoisotopic (exact) mass is 349 g/mol. The fraction of sp³-hybridized carbons (Fsp3) is 0.150. The number of para-hydroxylation sites is 1. The zero-order valence-corrected chi connectivity index (χ0v) is 14.6. The molecular weight excluding hydrogens is 330 g/mol. The Balaban J connectivity index is 1.85. The van der Waals surface area contributed by atoms with E-state index in [0.717, 1.165) is 5.39 Å². The zero-order valence-electron chi connectivity index (χ0n) is 14.6. The van der Waals surface area contributed by atoms with Gasteiger partial charge in [-0.1, -0.05) is 24.3 Å². The number of carbonyl (C=O) groups excluding carboxylic acids is 2. The van der Waals surface area contributed by atoms with Gasteiger partial charge in [0.15, 0.2) is 0 Å². The molecule has 0 bridgehead atoms. The van der Waals surface area contributed by atoms with Crippen LogP contribution in [0, 0.1) is 6.92 Å². The summed E-state index contributed by atoms with van der Waals surface area (Å²) in [6.45, 7) is 3.06. The Morgan fingerprint density at radius 2 is 1.65 bits per heavy atom. The predicted molar refractivity (Wildman–Crippen MR) is 102 cm³/mol. The summed E-state index contributed by atoms with van der Waals surface area (Å²) in [5.74, 6) is -0.505. The summed E-state index contributed by atoms with van der Waals surface area (Å²) in [5.41, 5.74) is 2.25. The summed E-state index contributed by atoms with van der Waals surface area (Å²) in [4.78, 5) is 36.1. The van der Waals surface area contributed by atoms with Gasteiger partial charge >= 0.3 is 0 Å². The Hall–Kier alpha value is -3.41. The number of nitrogens with zero attached hydrogens (tertiary/aromatic N) is 1. The number of aryl methyl sites for hydroxylation is 1. The SMILES string of the molecule is CC(=O)Nc1cccc(NC(=O)Cn2c(=O)c(C)cc3ccccc32)c1. The van der Waals surface area contributed by atoms with Crippen molar-refractivity contribution in [1.29, 1.82) is 0 Å². The number of amides is 2. The van der Waals surface area contributed by atoms with Gasteiger partial charge in [0.1, 0.15) is 6.54 Å². The lowest BCUT2D eigenvalue weighted by atomic mass is 10.1. The highest BCUT2D eigenvalue weighted by atomic mass is 16.2. The van der Waals surface area contributed by atoms with Crippen molar-refractivity contribution < 1.29 is 9.59 Å². The minimum absolute atomic E-state index is 0.0919. The fourth-order valence-corrected chi connectivity index (χ4v) is 2.85. The van der Waals surface area contributed by atoms with Crippen molar-refractivity contribution in [2.45, 2.75) is 20.4 Å². The smallest absolute Gasteiger partial charge is 0.254 e. The summed E-state index contributed by atoms with van der Waals surface area (Å²) in [6, 6.07) is 16.1. The van der Waals surface area contributed by atoms with Crippen LogP contribution >= 0.6 is 0 Å². The van der Waals surface area contributed by atoms with Gasteiger partial charge < -0.3 is 10.6 Å². The Kier molecular flexibility index (Phi) is 4.84. The predicted octanol–water partition coefficient (Wildman–Crippen LogP) is 2.91. The first-order chi connectivity index (χ1) is 12.4. The van der Waals surface area contributed by atoms with Crippen LogP contribution in [0.25, 0.3) is 10.9 Å². The number of pyridine rings is 1. The van der Waals surface area contributed by atoms with Crippen molar-refractivity contribution in [3.63, 3.8) is 0 Å². The van der Waals surface area contributed by atoms with Gasteiger partial charge in [0.05, 0.1) is 5.52 Å². The Morgan fingerprint density at radius 3 is 2.38 bits per heavy atom. The third-order valence-corrected chi connectivity index (χ3v) is 3.95. The van der Waals surface area contributed by atoms with Gasteiger partial charge in [-0.15, -0.1) is 0 Å². The maximum atomic E-state index is 12.5. The highest BCUT2D eigenvalue weighted by Crippen LogP contribution is 2.16. The van der Waals surface area contributed by atoms with Crippen LogP contribution in [-0.2, 0) is 16.1 Å². The average Bonchev–Trinajstić information content (AvgIpc) is 2.58. The maximum absolute atomic E-state index is 12.5. The molecule has 0 spiro atoms. The van der Waals surface area contributed by atoms with E-state index >= 15 is 0 Å². The van der Waals surface area contributed by atoms with Crippen molar-refractivity contribution in [2.75, 3.05) is 10.6 Å². The normalized spacial score (nSPS) is 10.5. The van der Waals surface area contributed by atoms with Crippen LogP contribution in [0.1, 0.15) is 12.5 Å². The molecule has 0 atom stereocenters. The highest BCUT2D eigenvalue weighted by Gasteiger charge is 2.11. The molecule has 0 fully saturated rings. The average molecular weight is 349 g/mol. The summed E-state index contributed by atoms with van der Waals surface area (Å²) in [6.07, 6.45) is 0. The van der Waals surface area contributed by atoms with Crippen molar-refractivity contribution in [3.05, 3.63) is 70.5 Å². The third kappa shape index (κ3) is 3.80. The van der Waals surface area contributed by atoms with Crippen LogP contribution < -0.4 is 16.2 Å². The van der Waals surface area contributed by atoms with Crippen LogP contribution in [0.3, 0.4) is 0 Å². The number of fused-ring (bicyclic) bond motifs is 1. The molecule has 0 saturated carbocycles. The van der Waals surface area contributed by atoms with Crippen molar-refractivity contribution in [2.24, 2.45) is 0 Å². The molecule has 1 aromatic heterocycles. The van der Waals surface area contributed by atoms with E-state index in [1.54, 1.807) is 31.2 Å². The van der Waals surface area contributed by atoms with Gasteiger partial charge in [0.25, 0.3) is 5.56 Å². The first kappa shape index (κ1) is 17.4. The molecule has 26 heavy (non-hydrogen) atoms. The number of aromatic nitrogens is 1. The Labute approximate surface area is 150 Å². The number of rotatable bonds is 4. The first-order valence-electron chi connectivity index (χ1n) is 8.21. The van der Waals surface area contributed by atoms with Gasteiger partial charge in [-0.2, -0.15) is 0 Å². The molecule has 0 aliphatic carbocycles. The molecule has 2 aromatic carbocycles. The van der Waals surface area contributed by atoms with Crippen molar-refractivity contribution >= 4 is 34.1 Å². The summed E-state index contributed by atoms with van der Waals surface area (Å²) in [7, 11) is 0. The number of hydrogen-bond acceptors (Lipinski definition) is 3. The molecule has 2 amide bonds. The zero-order chi connectivity index (χ0) is 18.7. The molecule has 6 nitrogen and oxygen atoms in total. The first-order valence-corrected chi connectivity index (χ1v) is 8.21. The van der Waals surface area contributed by atoms with Gasteiger partial charge in [0, 0.05) is 23.9 Å². The molecule has 0 radical (unpaired) electrons. The molecule has 0 aliphatic rings. The second-order valence-corrected chi connectivity index (χ2v) is 6.09. The quantitative estimate of drug-likeness (QED) is 0.760. The lowest BCUT2D eigenvalue weighted by Crippen LogP contribution is -2.29. The summed E-state index contributed by atoms with van der Waals surface area (Å²) in [5, 5.41) is 6.34. The number of hydrogen-bond donors (Lipinski definition) is 2. The molecule has 1 heterocycles.